The van der Waals surface area contributed by atoms with Crippen LogP contribution in [0.1, 0.15) is 79.7 Å². The molecule has 3 aliphatic rings. The largest absolute Gasteiger partial charge is 0.483 e. The van der Waals surface area contributed by atoms with Gasteiger partial charge in [-0.15, -0.1) is 0 Å². The summed E-state index contributed by atoms with van der Waals surface area (Å²) in [5, 5.41) is 44.3. The van der Waals surface area contributed by atoms with Crippen LogP contribution in [0.15, 0.2) is 60.2 Å². The highest BCUT2D eigenvalue weighted by Crippen LogP contribution is 2.39. The highest BCUT2D eigenvalue weighted by molar-refractivity contribution is 5.70. The molecule has 3 heterocycles. The lowest BCUT2D eigenvalue weighted by Gasteiger charge is -2.34. The molecule has 0 spiro atoms. The summed E-state index contributed by atoms with van der Waals surface area (Å²) in [5.74, 6) is -1.36. The van der Waals surface area contributed by atoms with Gasteiger partial charge in [-0.3, -0.25) is 14.4 Å². The van der Waals surface area contributed by atoms with E-state index in [0.717, 1.165) is 38.2 Å². The molecule has 2 saturated heterocycles. The number of piperazine rings is 1. The minimum Gasteiger partial charge on any atom is -0.483 e. The fourth-order valence-electron chi connectivity index (χ4n) is 7.79. The predicted octanol–water partition coefficient (Wildman–Crippen LogP) is 4.01. The second-order valence-corrected chi connectivity index (χ2v) is 16.5. The Balaban J connectivity index is 0.00000291. The lowest BCUT2D eigenvalue weighted by atomic mass is 9.87. The number of aliphatic hydroxyl groups excluding tert-OH is 1. The highest BCUT2D eigenvalue weighted by atomic mass is 16.6. The summed E-state index contributed by atoms with van der Waals surface area (Å²) >= 11 is 0. The van der Waals surface area contributed by atoms with Gasteiger partial charge in [-0.05, 0) is 76.4 Å². The number of allylic oxidation sites excluding steroid dienone is 2. The Kier molecular flexibility index (Phi) is 19.0. The number of nitrogens with zero attached hydrogens (tertiary/aromatic N) is 2. The first-order valence-electron chi connectivity index (χ1n) is 20.4. The Labute approximate surface area is 344 Å². The number of carboxylic acid groups (broad SMARTS) is 1. The van der Waals surface area contributed by atoms with Gasteiger partial charge in [0.05, 0.1) is 36.4 Å². The fourth-order valence-corrected chi connectivity index (χ4v) is 7.79. The molecule has 14 nitrogen and oxygen atoms in total. The van der Waals surface area contributed by atoms with E-state index < -0.39 is 47.5 Å². The highest BCUT2D eigenvalue weighted by Gasteiger charge is 2.54. The molecule has 3 aliphatic heterocycles. The number of ether oxygens (including phenoxy) is 4. The van der Waals surface area contributed by atoms with Crippen LogP contribution in [0.2, 0.25) is 0 Å². The number of likely N-dealkylation sites (N-methyl/N-ethyl adjacent to an activating group) is 1. The lowest BCUT2D eigenvalue weighted by Crippen LogP contribution is -2.52. The van der Waals surface area contributed by atoms with E-state index in [0.29, 0.717) is 12.1 Å². The summed E-state index contributed by atoms with van der Waals surface area (Å²) in [6.45, 7) is 16.9. The number of anilines is 1. The number of carbonyl (C=O) groups excluding carboxylic acids is 2. The molecule has 0 saturated carbocycles. The number of cyclic esters (lactones) is 1. The van der Waals surface area contributed by atoms with Gasteiger partial charge < -0.3 is 54.5 Å². The lowest BCUT2D eigenvalue weighted by molar-refractivity contribution is -0.157. The third-order valence-corrected chi connectivity index (χ3v) is 11.5. The number of carbonyl (C=O) groups is 3. The predicted molar refractivity (Wildman–Crippen MR) is 222 cm³/mol. The van der Waals surface area contributed by atoms with Crippen LogP contribution < -0.4 is 10.2 Å². The first kappa shape index (κ1) is 48.7. The van der Waals surface area contributed by atoms with E-state index in [4.69, 9.17) is 28.8 Å². The normalized spacial score (nSPS) is 30.6. The zero-order chi connectivity index (χ0) is 43.2. The zero-order valence-corrected chi connectivity index (χ0v) is 35.9. The van der Waals surface area contributed by atoms with Crippen molar-refractivity contribution in [1.82, 2.24) is 10.2 Å². The van der Waals surface area contributed by atoms with Gasteiger partial charge in [0, 0.05) is 64.3 Å². The smallest absolute Gasteiger partial charge is 0.309 e. The maximum Gasteiger partial charge on any atom is 0.309 e. The maximum absolute atomic E-state index is 13.0. The summed E-state index contributed by atoms with van der Waals surface area (Å²) in [6, 6.07) is 8.14. The molecular weight excluding hydrogens is 746 g/mol. The van der Waals surface area contributed by atoms with E-state index in [1.807, 2.05) is 13.8 Å². The van der Waals surface area contributed by atoms with E-state index in [-0.39, 0.29) is 55.9 Å². The van der Waals surface area contributed by atoms with Crippen molar-refractivity contribution in [3.63, 3.8) is 0 Å². The SMILES string of the molecule is CC[C@H](OC)[C@@H](C)[C@H]1O[C@@H]1C(NCc1ccc(N2CCN(C)CC2)cc1)C(C)(O)/C=C/C=C(\C)C1OC(=O)C[C@H](O)CC[C@@](C)(O)[C@@H](OC(C)=O)/C=C/[C@@H]1C.O=CO. The Morgan fingerprint density at radius 2 is 1.78 bits per heavy atom. The summed E-state index contributed by atoms with van der Waals surface area (Å²) in [7, 11) is 3.87. The second-order valence-electron chi connectivity index (χ2n) is 16.5. The molecule has 58 heavy (non-hydrogen) atoms. The molecule has 5 N–H and O–H groups in total. The van der Waals surface area contributed by atoms with Crippen LogP contribution in [0.3, 0.4) is 0 Å². The van der Waals surface area contributed by atoms with Crippen LogP contribution >= 0.6 is 0 Å². The molecule has 0 amide bonds. The van der Waals surface area contributed by atoms with Crippen LogP contribution in [0.4, 0.5) is 5.69 Å². The van der Waals surface area contributed by atoms with Crippen LogP contribution in [-0.4, -0.2) is 138 Å². The van der Waals surface area contributed by atoms with Crippen molar-refractivity contribution in [3.8, 4) is 0 Å². The van der Waals surface area contributed by atoms with Gasteiger partial charge >= 0.3 is 11.9 Å². The summed E-state index contributed by atoms with van der Waals surface area (Å²) in [6.07, 6.45) is 6.49. The molecule has 0 aliphatic carbocycles. The van der Waals surface area contributed by atoms with Gasteiger partial charge in [-0.25, -0.2) is 0 Å². The molecule has 2 fully saturated rings. The number of hydrogen-bond acceptors (Lipinski definition) is 13. The Morgan fingerprint density at radius 3 is 2.36 bits per heavy atom. The Bertz CT molecular complexity index is 1530. The molecule has 1 aromatic rings. The summed E-state index contributed by atoms with van der Waals surface area (Å²) in [4.78, 5) is 38.0. The second kappa shape index (κ2) is 22.7. The summed E-state index contributed by atoms with van der Waals surface area (Å²) < 4.78 is 23.4. The van der Waals surface area contributed by atoms with Crippen LogP contribution in [0, 0.1) is 11.8 Å². The van der Waals surface area contributed by atoms with Gasteiger partial charge in [0.25, 0.3) is 6.47 Å². The minimum atomic E-state index is -1.46. The average molecular weight is 816 g/mol. The average Bonchev–Trinajstić information content (AvgIpc) is 3.96. The number of esters is 2. The third-order valence-electron chi connectivity index (χ3n) is 11.5. The van der Waals surface area contributed by atoms with Gasteiger partial charge in [-0.2, -0.15) is 0 Å². The van der Waals surface area contributed by atoms with Gasteiger partial charge in [-0.1, -0.05) is 57.2 Å². The maximum atomic E-state index is 13.0. The fraction of sp³-hybridized carbons (Fsp3) is 0.659. The molecule has 326 valence electrons. The number of hydrogen-bond donors (Lipinski definition) is 5. The van der Waals surface area contributed by atoms with Crippen molar-refractivity contribution in [2.45, 2.75) is 135 Å². The number of rotatable bonds is 14. The van der Waals surface area contributed by atoms with Crippen molar-refractivity contribution in [1.29, 1.82) is 0 Å². The van der Waals surface area contributed by atoms with E-state index in [9.17, 15) is 24.9 Å². The van der Waals surface area contributed by atoms with Crippen molar-refractivity contribution in [3.05, 3.63) is 65.8 Å². The molecule has 0 aromatic heterocycles. The monoisotopic (exact) mass is 815 g/mol. The van der Waals surface area contributed by atoms with Crippen molar-refractivity contribution >= 4 is 24.1 Å². The number of nitrogens with one attached hydrogen (secondary N) is 1. The Hall–Kier alpha value is -3.63. The van der Waals surface area contributed by atoms with Crippen LogP contribution in [0.5, 0.6) is 0 Å². The van der Waals surface area contributed by atoms with E-state index in [1.165, 1.54) is 12.6 Å². The molecule has 0 bridgehead atoms. The van der Waals surface area contributed by atoms with Crippen LogP contribution in [-0.2, 0) is 39.9 Å². The van der Waals surface area contributed by atoms with Crippen molar-refractivity contribution in [2.24, 2.45) is 11.8 Å². The third kappa shape index (κ3) is 14.6. The van der Waals surface area contributed by atoms with Crippen LogP contribution in [0.25, 0.3) is 0 Å². The van der Waals surface area contributed by atoms with Gasteiger partial charge in [0.15, 0.2) is 0 Å². The first-order chi connectivity index (χ1) is 27.4. The first-order valence-corrected chi connectivity index (χ1v) is 20.4. The van der Waals surface area contributed by atoms with E-state index in [2.05, 4.69) is 60.3 Å². The number of benzene rings is 1. The van der Waals surface area contributed by atoms with E-state index >= 15 is 0 Å². The quantitative estimate of drug-likeness (QED) is 0.0595. The minimum absolute atomic E-state index is 0.0325. The molecule has 14 heteroatoms. The molecule has 11 atom stereocenters. The number of methoxy groups -OCH3 is 1. The summed E-state index contributed by atoms with van der Waals surface area (Å²) in [5.41, 5.74) is 0.208. The molecule has 4 rings (SSSR count). The van der Waals surface area contributed by atoms with Crippen molar-refractivity contribution < 1.29 is 53.8 Å². The number of aliphatic hydroxyl groups is 3. The molecule has 3 unspecified atom stereocenters. The molecule has 0 radical (unpaired) electrons. The standard InChI is InChI=1S/C43H67N3O9.CH2O2/c1-10-35(52-9)30(4)39-40(55-39)41(44-27-32-14-16-33(17-15-32)46-24-22-45(8)23-25-46)43(7,51)20-11-12-28(2)38-29(3)13-18-36(53-31(5)47)42(6,50)21-19-34(48)26-37(49)54-38;2-1-3/h11-18,20,29-30,34-36,38-41,44,48,50-51H,10,19,21-27H2,1-9H3;1H,(H,2,3)/b18-13+,20-11+,28-12+;/t29-,30+,34+,35-,36-,38?,39+,40-,41?,42+,43?;/m0./s1. The van der Waals surface area contributed by atoms with Crippen molar-refractivity contribution in [2.75, 3.05) is 45.2 Å². The van der Waals surface area contributed by atoms with Gasteiger partial charge in [0.2, 0.25) is 0 Å². The molecular formula is C44H69N3O11. The van der Waals surface area contributed by atoms with E-state index in [1.54, 1.807) is 51.3 Å². The Morgan fingerprint density at radius 1 is 1.14 bits per heavy atom. The topological polar surface area (TPSA) is 191 Å². The number of epoxide rings is 1. The molecule has 1 aromatic carbocycles. The van der Waals surface area contributed by atoms with Gasteiger partial charge in [0.1, 0.15) is 23.9 Å². The zero-order valence-electron chi connectivity index (χ0n) is 35.9.